The van der Waals surface area contributed by atoms with Crippen LogP contribution in [0.2, 0.25) is 0 Å². The van der Waals surface area contributed by atoms with Crippen molar-refractivity contribution in [2.75, 3.05) is 17.6 Å². The summed E-state index contributed by atoms with van der Waals surface area (Å²) >= 11 is 1.56. The molecular weight excluding hydrogens is 272 g/mol. The van der Waals surface area contributed by atoms with Crippen molar-refractivity contribution in [3.63, 3.8) is 0 Å². The van der Waals surface area contributed by atoms with Crippen LogP contribution in [0.3, 0.4) is 0 Å². The van der Waals surface area contributed by atoms with E-state index in [1.54, 1.807) is 16.0 Å². The molecule has 7 heteroatoms. The van der Waals surface area contributed by atoms with Gasteiger partial charge in [-0.3, -0.25) is 0 Å². The van der Waals surface area contributed by atoms with Crippen molar-refractivity contribution in [3.05, 3.63) is 24.3 Å². The number of nitrogens with one attached hydrogen (secondary N) is 1. The quantitative estimate of drug-likeness (QED) is 0.775. The molecule has 3 N–H and O–H groups in total. The molecule has 106 valence electrons. The van der Waals surface area contributed by atoms with Crippen LogP contribution in [0, 0.1) is 0 Å². The first-order valence-corrected chi connectivity index (χ1v) is 7.42. The van der Waals surface area contributed by atoms with E-state index in [1.165, 1.54) is 0 Å². The Bertz CT molecular complexity index is 654. The Morgan fingerprint density at radius 1 is 1.25 bits per heavy atom. The number of nitrogen functional groups attached to an aromatic ring is 1. The van der Waals surface area contributed by atoms with Gasteiger partial charge in [0.05, 0.1) is 10.2 Å². The van der Waals surface area contributed by atoms with Crippen molar-refractivity contribution in [2.45, 2.75) is 20.8 Å². The van der Waals surface area contributed by atoms with Crippen LogP contribution in [-0.4, -0.2) is 26.3 Å². The highest BCUT2D eigenvalue weighted by molar-refractivity contribution is 7.20. The number of anilines is 2. The minimum absolute atomic E-state index is 0.241. The Morgan fingerprint density at radius 3 is 2.70 bits per heavy atom. The van der Waals surface area contributed by atoms with E-state index in [0.717, 1.165) is 21.9 Å². The average Bonchev–Trinajstić information content (AvgIpc) is 3.04. The first kappa shape index (κ1) is 14.3. The highest BCUT2D eigenvalue weighted by Crippen LogP contribution is 2.26. The van der Waals surface area contributed by atoms with E-state index in [2.05, 4.69) is 20.4 Å². The summed E-state index contributed by atoms with van der Waals surface area (Å²) in [6.45, 7) is 6.75. The average molecular weight is 290 g/mol. The molecule has 6 nitrogen and oxygen atoms in total. The van der Waals surface area contributed by atoms with E-state index in [0.29, 0.717) is 5.95 Å². The summed E-state index contributed by atoms with van der Waals surface area (Å²) in [6, 6.07) is 7.96. The lowest BCUT2D eigenvalue weighted by atomic mass is 10.3. The van der Waals surface area contributed by atoms with Gasteiger partial charge in [0.25, 0.3) is 0 Å². The van der Waals surface area contributed by atoms with Crippen LogP contribution >= 0.6 is 11.3 Å². The molecule has 0 amide bonds. The van der Waals surface area contributed by atoms with Gasteiger partial charge in [0.15, 0.2) is 0 Å². The number of nitrogens with two attached hydrogens (primary N) is 1. The number of rotatable bonds is 3. The summed E-state index contributed by atoms with van der Waals surface area (Å²) in [4.78, 5) is 8.65. The van der Waals surface area contributed by atoms with Gasteiger partial charge in [-0.15, -0.1) is 5.10 Å². The number of para-hydroxylation sites is 1. The number of aromatic nitrogens is 4. The molecule has 2 heterocycles. The topological polar surface area (TPSA) is 81.6 Å². The Morgan fingerprint density at radius 2 is 2.00 bits per heavy atom. The van der Waals surface area contributed by atoms with Crippen LogP contribution < -0.4 is 11.1 Å². The van der Waals surface area contributed by atoms with Crippen LogP contribution in [0.5, 0.6) is 0 Å². The van der Waals surface area contributed by atoms with Crippen LogP contribution in [0.25, 0.3) is 15.3 Å². The van der Waals surface area contributed by atoms with E-state index in [1.807, 2.05) is 45.0 Å². The second-order valence-electron chi connectivity index (χ2n) is 3.70. The summed E-state index contributed by atoms with van der Waals surface area (Å²) in [5.74, 6) is 0.860. The lowest BCUT2D eigenvalue weighted by Crippen LogP contribution is -2.06. The summed E-state index contributed by atoms with van der Waals surface area (Å²) in [5.41, 5.74) is 6.59. The Kier molecular flexibility index (Phi) is 4.52. The molecule has 0 saturated carbocycles. The number of hydrogen-bond acceptors (Lipinski definition) is 6. The lowest BCUT2D eigenvalue weighted by Gasteiger charge is -2.01. The predicted molar refractivity (Wildman–Crippen MR) is 84.5 cm³/mol. The van der Waals surface area contributed by atoms with Crippen LogP contribution in [-0.2, 0) is 0 Å². The van der Waals surface area contributed by atoms with Crippen molar-refractivity contribution < 1.29 is 0 Å². The molecule has 0 aliphatic rings. The molecule has 0 fully saturated rings. The molecule has 2 aromatic heterocycles. The number of benzene rings is 1. The van der Waals surface area contributed by atoms with E-state index in [4.69, 9.17) is 5.73 Å². The Labute approximate surface area is 121 Å². The van der Waals surface area contributed by atoms with Gasteiger partial charge in [-0.25, -0.2) is 4.98 Å². The minimum atomic E-state index is 0.241. The Balaban J connectivity index is 0.000000704. The molecule has 1 aromatic carbocycles. The van der Waals surface area contributed by atoms with Crippen LogP contribution in [0.4, 0.5) is 11.9 Å². The monoisotopic (exact) mass is 290 g/mol. The molecule has 0 aliphatic heterocycles. The van der Waals surface area contributed by atoms with E-state index in [9.17, 15) is 0 Å². The maximum atomic E-state index is 5.64. The highest BCUT2D eigenvalue weighted by atomic mass is 32.1. The molecule has 0 spiro atoms. The van der Waals surface area contributed by atoms with Crippen molar-refractivity contribution in [1.82, 2.24) is 19.7 Å². The summed E-state index contributed by atoms with van der Waals surface area (Å²) in [6.07, 6.45) is 0. The molecule has 0 atom stereocenters. The summed E-state index contributed by atoms with van der Waals surface area (Å²) in [7, 11) is 0. The number of hydrogen-bond donors (Lipinski definition) is 2. The molecule has 0 saturated heterocycles. The second-order valence-corrected chi connectivity index (χ2v) is 4.71. The molecule has 3 aromatic rings. The fourth-order valence-corrected chi connectivity index (χ4v) is 2.60. The third-order valence-corrected chi connectivity index (χ3v) is 3.43. The SMILES string of the molecule is CC.CCNc1nc(N)nn1-c1nc2ccccc2s1. The van der Waals surface area contributed by atoms with Crippen LogP contribution in [0.15, 0.2) is 24.3 Å². The van der Waals surface area contributed by atoms with E-state index in [-0.39, 0.29) is 5.95 Å². The first-order chi connectivity index (χ1) is 9.78. The normalized spacial score (nSPS) is 10.2. The predicted octanol–water partition coefficient (Wildman–Crippen LogP) is 2.92. The van der Waals surface area contributed by atoms with Gasteiger partial charge in [0.2, 0.25) is 17.0 Å². The molecule has 0 bridgehead atoms. The maximum absolute atomic E-state index is 5.64. The van der Waals surface area contributed by atoms with Gasteiger partial charge in [0.1, 0.15) is 0 Å². The second kappa shape index (κ2) is 6.33. The van der Waals surface area contributed by atoms with Gasteiger partial charge >= 0.3 is 0 Å². The number of nitrogens with zero attached hydrogens (tertiary/aromatic N) is 4. The number of thiazole rings is 1. The molecule has 20 heavy (non-hydrogen) atoms. The standard InChI is InChI=1S/C11H12N6S.C2H6/c1-2-13-10-15-9(12)16-17(10)11-14-7-5-3-4-6-8(7)18-11;1-2/h3-6H,2H2,1H3,(H3,12,13,15,16);1-2H3. The van der Waals surface area contributed by atoms with Gasteiger partial charge in [-0.2, -0.15) is 9.67 Å². The molecule has 3 rings (SSSR count). The van der Waals surface area contributed by atoms with E-state index >= 15 is 0 Å². The third-order valence-electron chi connectivity index (χ3n) is 2.42. The third kappa shape index (κ3) is 2.72. The number of fused-ring (bicyclic) bond motifs is 1. The Hall–Kier alpha value is -2.15. The van der Waals surface area contributed by atoms with E-state index < -0.39 is 0 Å². The van der Waals surface area contributed by atoms with Crippen molar-refractivity contribution in [2.24, 2.45) is 0 Å². The highest BCUT2D eigenvalue weighted by Gasteiger charge is 2.13. The largest absolute Gasteiger partial charge is 0.366 e. The fourth-order valence-electron chi connectivity index (χ4n) is 1.68. The van der Waals surface area contributed by atoms with Crippen molar-refractivity contribution in [1.29, 1.82) is 0 Å². The van der Waals surface area contributed by atoms with Gasteiger partial charge < -0.3 is 11.1 Å². The molecule has 0 unspecified atom stereocenters. The van der Waals surface area contributed by atoms with Gasteiger partial charge in [0, 0.05) is 6.54 Å². The summed E-state index contributed by atoms with van der Waals surface area (Å²) < 4.78 is 2.76. The lowest BCUT2D eigenvalue weighted by molar-refractivity contribution is 0.873. The zero-order chi connectivity index (χ0) is 14.5. The maximum Gasteiger partial charge on any atom is 0.241 e. The van der Waals surface area contributed by atoms with Gasteiger partial charge in [-0.1, -0.05) is 37.3 Å². The smallest absolute Gasteiger partial charge is 0.241 e. The molecular formula is C13H18N6S. The van der Waals surface area contributed by atoms with Crippen molar-refractivity contribution >= 4 is 33.5 Å². The van der Waals surface area contributed by atoms with Gasteiger partial charge in [-0.05, 0) is 19.1 Å². The van der Waals surface area contributed by atoms with Crippen LogP contribution in [0.1, 0.15) is 20.8 Å². The van der Waals surface area contributed by atoms with Crippen molar-refractivity contribution in [3.8, 4) is 5.13 Å². The fraction of sp³-hybridized carbons (Fsp3) is 0.308. The first-order valence-electron chi connectivity index (χ1n) is 6.60. The molecule has 0 radical (unpaired) electrons. The molecule has 0 aliphatic carbocycles. The summed E-state index contributed by atoms with van der Waals surface area (Å²) in [5, 5.41) is 8.04. The zero-order valence-corrected chi connectivity index (χ0v) is 12.6. The zero-order valence-electron chi connectivity index (χ0n) is 11.8. The minimum Gasteiger partial charge on any atom is -0.366 e.